The molecule has 0 saturated heterocycles. The van der Waals surface area contributed by atoms with Crippen LogP contribution in [0, 0.1) is 0 Å². The van der Waals surface area contributed by atoms with E-state index in [1.54, 1.807) is 13.8 Å². The summed E-state index contributed by atoms with van der Waals surface area (Å²) in [7, 11) is 0. The van der Waals surface area contributed by atoms with E-state index >= 15 is 0 Å². The number of hydrogen-bond acceptors (Lipinski definition) is 4. The summed E-state index contributed by atoms with van der Waals surface area (Å²) in [6.07, 6.45) is 0. The zero-order valence-electron chi connectivity index (χ0n) is 7.91. The molecule has 0 spiro atoms. The molecular formula is C8H14NO4. The van der Waals surface area contributed by atoms with E-state index in [2.05, 4.69) is 14.8 Å². The third-order valence-corrected chi connectivity index (χ3v) is 1.09. The second-order valence-corrected chi connectivity index (χ2v) is 2.15. The van der Waals surface area contributed by atoms with Gasteiger partial charge in [-0.2, -0.15) is 0 Å². The van der Waals surface area contributed by atoms with Crippen molar-refractivity contribution >= 4 is 11.9 Å². The number of nitrogens with zero attached hydrogens (tertiary/aromatic N) is 1. The Morgan fingerprint density at radius 3 is 1.69 bits per heavy atom. The first-order chi connectivity index (χ1) is 6.20. The highest BCUT2D eigenvalue weighted by Gasteiger charge is 2.05. The topological polar surface area (TPSA) is 66.7 Å². The zero-order chi connectivity index (χ0) is 10.1. The summed E-state index contributed by atoms with van der Waals surface area (Å²) in [6.45, 7) is 3.90. The Kier molecular flexibility index (Phi) is 6.91. The minimum Gasteiger partial charge on any atom is -0.465 e. The molecule has 75 valence electrons. The molecule has 0 unspecified atom stereocenters. The second-order valence-electron chi connectivity index (χ2n) is 2.15. The van der Waals surface area contributed by atoms with Crippen LogP contribution in [0.4, 0.5) is 0 Å². The number of rotatable bonds is 6. The van der Waals surface area contributed by atoms with Crippen LogP contribution in [0.15, 0.2) is 0 Å². The van der Waals surface area contributed by atoms with Crippen molar-refractivity contribution in [2.24, 2.45) is 0 Å². The molecule has 0 N–H and O–H groups in total. The lowest BCUT2D eigenvalue weighted by Gasteiger charge is -2.02. The number of ether oxygens (including phenoxy) is 2. The van der Waals surface area contributed by atoms with Crippen LogP contribution in [0.5, 0.6) is 0 Å². The fourth-order valence-electron chi connectivity index (χ4n) is 0.652. The van der Waals surface area contributed by atoms with Crippen molar-refractivity contribution in [2.45, 2.75) is 13.8 Å². The summed E-state index contributed by atoms with van der Waals surface area (Å²) in [5, 5.41) is 3.66. The van der Waals surface area contributed by atoms with Gasteiger partial charge in [0, 0.05) is 0 Å². The van der Waals surface area contributed by atoms with Crippen molar-refractivity contribution in [2.75, 3.05) is 26.3 Å². The summed E-state index contributed by atoms with van der Waals surface area (Å²) in [5.74, 6) is -0.849. The molecule has 1 radical (unpaired) electrons. The van der Waals surface area contributed by atoms with E-state index in [-0.39, 0.29) is 13.1 Å². The predicted molar refractivity (Wildman–Crippen MR) is 45.1 cm³/mol. The van der Waals surface area contributed by atoms with Gasteiger partial charge in [-0.3, -0.25) is 9.59 Å². The normalized spacial score (nSPS) is 9.38. The van der Waals surface area contributed by atoms with Gasteiger partial charge >= 0.3 is 11.9 Å². The average Bonchev–Trinajstić information content (AvgIpc) is 2.05. The molecule has 0 aromatic rings. The van der Waals surface area contributed by atoms with Crippen LogP contribution < -0.4 is 5.32 Å². The molecule has 13 heavy (non-hydrogen) atoms. The largest absolute Gasteiger partial charge is 0.465 e. The SMILES string of the molecule is CCOC(=O)C[N]CC(=O)OCC. The van der Waals surface area contributed by atoms with E-state index in [0.717, 1.165) is 0 Å². The minimum atomic E-state index is -0.424. The van der Waals surface area contributed by atoms with Gasteiger partial charge in [0.05, 0.1) is 13.2 Å². The number of esters is 2. The lowest BCUT2D eigenvalue weighted by Crippen LogP contribution is -2.25. The Morgan fingerprint density at radius 2 is 1.38 bits per heavy atom. The molecule has 0 aliphatic heterocycles. The Morgan fingerprint density at radius 1 is 1.00 bits per heavy atom. The molecule has 0 bridgehead atoms. The minimum absolute atomic E-state index is 0.0906. The van der Waals surface area contributed by atoms with Gasteiger partial charge in [0.15, 0.2) is 0 Å². The summed E-state index contributed by atoms with van der Waals surface area (Å²) in [4.78, 5) is 21.4. The van der Waals surface area contributed by atoms with Gasteiger partial charge in [-0.25, -0.2) is 5.32 Å². The van der Waals surface area contributed by atoms with E-state index < -0.39 is 11.9 Å². The van der Waals surface area contributed by atoms with Crippen LogP contribution in [-0.2, 0) is 19.1 Å². The molecular weight excluding hydrogens is 174 g/mol. The van der Waals surface area contributed by atoms with Crippen molar-refractivity contribution < 1.29 is 19.1 Å². The second kappa shape index (κ2) is 7.54. The van der Waals surface area contributed by atoms with Crippen molar-refractivity contribution in [3.05, 3.63) is 0 Å². The van der Waals surface area contributed by atoms with Gasteiger partial charge in [-0.15, -0.1) is 0 Å². The first-order valence-corrected chi connectivity index (χ1v) is 4.15. The third-order valence-electron chi connectivity index (χ3n) is 1.09. The molecule has 0 fully saturated rings. The highest BCUT2D eigenvalue weighted by Crippen LogP contribution is 1.79. The van der Waals surface area contributed by atoms with Crippen LogP contribution in [0.1, 0.15) is 13.8 Å². The van der Waals surface area contributed by atoms with E-state index in [0.29, 0.717) is 13.2 Å². The van der Waals surface area contributed by atoms with Crippen LogP contribution in [0.2, 0.25) is 0 Å². The third kappa shape index (κ3) is 7.27. The maximum absolute atomic E-state index is 10.7. The maximum Gasteiger partial charge on any atom is 0.321 e. The van der Waals surface area contributed by atoms with Gasteiger partial charge in [-0.1, -0.05) is 0 Å². The first kappa shape index (κ1) is 11.9. The number of carbonyl (C=O) groups excluding carboxylic acids is 2. The van der Waals surface area contributed by atoms with Crippen LogP contribution in [0.3, 0.4) is 0 Å². The molecule has 0 saturated carbocycles. The van der Waals surface area contributed by atoms with Crippen molar-refractivity contribution in [1.82, 2.24) is 5.32 Å². The summed E-state index contributed by atoms with van der Waals surface area (Å²) in [5.41, 5.74) is 0. The van der Waals surface area contributed by atoms with Gasteiger partial charge in [0.1, 0.15) is 13.1 Å². The molecule has 0 aliphatic rings. The first-order valence-electron chi connectivity index (χ1n) is 4.15. The smallest absolute Gasteiger partial charge is 0.321 e. The van der Waals surface area contributed by atoms with Crippen LogP contribution in [0.25, 0.3) is 0 Å². The van der Waals surface area contributed by atoms with Crippen molar-refractivity contribution in [3.8, 4) is 0 Å². The Balaban J connectivity index is 3.33. The number of carbonyl (C=O) groups is 2. The van der Waals surface area contributed by atoms with E-state index in [9.17, 15) is 9.59 Å². The highest BCUT2D eigenvalue weighted by atomic mass is 16.5. The van der Waals surface area contributed by atoms with Crippen LogP contribution >= 0.6 is 0 Å². The Hall–Kier alpha value is -1.10. The Labute approximate surface area is 77.4 Å². The fraction of sp³-hybridized carbons (Fsp3) is 0.750. The Bertz CT molecular complexity index is 152. The monoisotopic (exact) mass is 188 g/mol. The van der Waals surface area contributed by atoms with E-state index in [1.165, 1.54) is 0 Å². The molecule has 0 rings (SSSR count). The zero-order valence-corrected chi connectivity index (χ0v) is 7.91. The van der Waals surface area contributed by atoms with Crippen molar-refractivity contribution in [1.29, 1.82) is 0 Å². The van der Waals surface area contributed by atoms with Gasteiger partial charge in [-0.05, 0) is 13.8 Å². The standard InChI is InChI=1S/C8H14NO4/c1-3-12-7(10)5-9-6-8(11)13-4-2/h3-6H2,1-2H3. The van der Waals surface area contributed by atoms with Gasteiger partial charge < -0.3 is 9.47 Å². The van der Waals surface area contributed by atoms with Crippen molar-refractivity contribution in [3.63, 3.8) is 0 Å². The number of hydrogen-bond donors (Lipinski definition) is 0. The quantitative estimate of drug-likeness (QED) is 0.537. The molecule has 0 aromatic heterocycles. The summed E-state index contributed by atoms with van der Waals surface area (Å²) in [6, 6.07) is 0. The van der Waals surface area contributed by atoms with Gasteiger partial charge in [0.25, 0.3) is 0 Å². The van der Waals surface area contributed by atoms with Gasteiger partial charge in [0.2, 0.25) is 0 Å². The fourth-order valence-corrected chi connectivity index (χ4v) is 0.652. The van der Waals surface area contributed by atoms with E-state index in [1.807, 2.05) is 0 Å². The molecule has 5 nitrogen and oxygen atoms in total. The lowest BCUT2D eigenvalue weighted by molar-refractivity contribution is -0.143. The summed E-state index contributed by atoms with van der Waals surface area (Å²) < 4.78 is 9.20. The molecule has 0 amide bonds. The lowest BCUT2D eigenvalue weighted by atomic mass is 10.5. The molecule has 0 aromatic carbocycles. The van der Waals surface area contributed by atoms with Crippen LogP contribution in [-0.4, -0.2) is 38.2 Å². The summed E-state index contributed by atoms with van der Waals surface area (Å²) >= 11 is 0. The average molecular weight is 188 g/mol. The van der Waals surface area contributed by atoms with E-state index in [4.69, 9.17) is 0 Å². The molecule has 5 heteroatoms. The molecule has 0 atom stereocenters. The maximum atomic E-state index is 10.7. The predicted octanol–water partition coefficient (Wildman–Crippen LogP) is -0.283. The highest BCUT2D eigenvalue weighted by molar-refractivity contribution is 5.74. The molecule has 0 heterocycles. The molecule has 0 aliphatic carbocycles.